The van der Waals surface area contributed by atoms with Gasteiger partial charge in [0.15, 0.2) is 5.17 Å². The minimum atomic E-state index is 0.0257. The van der Waals surface area contributed by atoms with Gasteiger partial charge in [-0.2, -0.15) is 5.10 Å². The fourth-order valence-corrected chi connectivity index (χ4v) is 2.88. The number of amidine groups is 1. The molecule has 0 saturated carbocycles. The second-order valence-electron chi connectivity index (χ2n) is 4.76. The van der Waals surface area contributed by atoms with Crippen molar-refractivity contribution >= 4 is 29.1 Å². The predicted molar refractivity (Wildman–Crippen MR) is 89.7 cm³/mol. The lowest BCUT2D eigenvalue weighted by molar-refractivity contribution is -0.124. The van der Waals surface area contributed by atoms with Gasteiger partial charge in [0, 0.05) is 0 Å². The lowest BCUT2D eigenvalue weighted by Crippen LogP contribution is -2.28. The molecule has 1 amide bonds. The summed E-state index contributed by atoms with van der Waals surface area (Å²) < 4.78 is 10.3. The topological polar surface area (TPSA) is 67.4 Å². The molecule has 1 aromatic carbocycles. The first-order chi connectivity index (χ1) is 11.3. The molecule has 0 N–H and O–H groups in total. The Morgan fingerprint density at radius 3 is 2.87 bits per heavy atom. The third kappa shape index (κ3) is 3.81. The molecule has 2 heterocycles. The van der Waals surface area contributed by atoms with Crippen LogP contribution in [0.4, 0.5) is 0 Å². The monoisotopic (exact) mass is 329 g/mol. The minimum absolute atomic E-state index is 0.0257. The fourth-order valence-electron chi connectivity index (χ4n) is 2.04. The summed E-state index contributed by atoms with van der Waals surface area (Å²) in [5.41, 5.74) is 1.00. The van der Waals surface area contributed by atoms with Crippen LogP contribution < -0.4 is 4.74 Å². The quantitative estimate of drug-likeness (QED) is 0.625. The Bertz CT molecular complexity index is 724. The average molecular weight is 329 g/mol. The van der Waals surface area contributed by atoms with Crippen LogP contribution in [0.3, 0.4) is 0 Å². The van der Waals surface area contributed by atoms with Crippen LogP contribution in [0.5, 0.6) is 5.75 Å². The molecule has 7 heteroatoms. The van der Waals surface area contributed by atoms with E-state index in [-0.39, 0.29) is 5.91 Å². The van der Waals surface area contributed by atoms with Crippen LogP contribution in [-0.4, -0.2) is 35.1 Å². The Labute approximate surface area is 137 Å². The Balaban J connectivity index is 1.71. The molecule has 1 aliphatic rings. The normalized spacial score (nSPS) is 16.7. The highest BCUT2D eigenvalue weighted by atomic mass is 32.2. The van der Waals surface area contributed by atoms with E-state index in [9.17, 15) is 4.79 Å². The average Bonchev–Trinajstić information content (AvgIpc) is 3.20. The molecular formula is C16H15N3O3S. The smallest absolute Gasteiger partial charge is 0.239 e. The summed E-state index contributed by atoms with van der Waals surface area (Å²) >= 11 is 1.38. The maximum absolute atomic E-state index is 12.0. The molecule has 0 spiro atoms. The number of nitrogens with zero attached hydrogens (tertiary/aromatic N) is 3. The van der Waals surface area contributed by atoms with E-state index in [1.807, 2.05) is 24.3 Å². The number of hydrogen-bond acceptors (Lipinski definition) is 6. The van der Waals surface area contributed by atoms with Crippen LogP contribution in [0, 0.1) is 0 Å². The number of carbonyl (C=O) groups is 1. The molecule has 0 atom stereocenters. The second-order valence-corrected chi connectivity index (χ2v) is 5.70. The van der Waals surface area contributed by atoms with Crippen LogP contribution in [-0.2, 0) is 11.3 Å². The Kier molecular flexibility index (Phi) is 4.77. The van der Waals surface area contributed by atoms with Crippen molar-refractivity contribution in [1.82, 2.24) is 4.90 Å². The number of carbonyl (C=O) groups excluding carboxylic acids is 1. The standard InChI is InChI=1S/C16H15N3O3S/c1-21-13-6-4-12(5-7-13)10-19-15(20)11-23-16(19)18-17-9-14-3-2-8-22-14/h2-9H,10-11H2,1H3/b17-9+,18-16-. The molecule has 0 unspecified atom stereocenters. The van der Waals surface area contributed by atoms with Gasteiger partial charge in [0.25, 0.3) is 0 Å². The molecule has 0 radical (unpaired) electrons. The highest BCUT2D eigenvalue weighted by Gasteiger charge is 2.28. The van der Waals surface area contributed by atoms with E-state index in [0.29, 0.717) is 23.2 Å². The SMILES string of the molecule is COc1ccc(CN2C(=O)CS/C2=N\N=C\c2ccco2)cc1. The van der Waals surface area contributed by atoms with E-state index in [0.717, 1.165) is 11.3 Å². The molecule has 1 fully saturated rings. The Morgan fingerprint density at radius 2 is 2.17 bits per heavy atom. The zero-order chi connectivity index (χ0) is 16.1. The van der Waals surface area contributed by atoms with Crippen molar-refractivity contribution < 1.29 is 13.9 Å². The molecule has 2 aromatic rings. The van der Waals surface area contributed by atoms with Crippen LogP contribution in [0.25, 0.3) is 0 Å². The largest absolute Gasteiger partial charge is 0.497 e. The molecule has 1 aliphatic heterocycles. The molecule has 1 aromatic heterocycles. The second kappa shape index (κ2) is 7.15. The van der Waals surface area contributed by atoms with Crippen LogP contribution in [0.15, 0.2) is 57.3 Å². The van der Waals surface area contributed by atoms with E-state index < -0.39 is 0 Å². The lowest BCUT2D eigenvalue weighted by atomic mass is 10.2. The third-order valence-corrected chi connectivity index (χ3v) is 4.18. The molecule has 3 rings (SSSR count). The van der Waals surface area contributed by atoms with Crippen molar-refractivity contribution in [1.29, 1.82) is 0 Å². The van der Waals surface area contributed by atoms with Gasteiger partial charge in [-0.15, -0.1) is 5.10 Å². The van der Waals surface area contributed by atoms with E-state index in [1.54, 1.807) is 30.4 Å². The van der Waals surface area contributed by atoms with Gasteiger partial charge in [-0.1, -0.05) is 23.9 Å². The van der Waals surface area contributed by atoms with E-state index >= 15 is 0 Å². The van der Waals surface area contributed by atoms with Gasteiger partial charge < -0.3 is 9.15 Å². The van der Waals surface area contributed by atoms with E-state index in [2.05, 4.69) is 10.2 Å². The van der Waals surface area contributed by atoms with Crippen molar-refractivity contribution in [3.05, 3.63) is 54.0 Å². The first-order valence-electron chi connectivity index (χ1n) is 6.97. The Morgan fingerprint density at radius 1 is 1.35 bits per heavy atom. The number of rotatable bonds is 5. The molecule has 1 saturated heterocycles. The van der Waals surface area contributed by atoms with Crippen LogP contribution >= 0.6 is 11.8 Å². The molecular weight excluding hydrogens is 314 g/mol. The van der Waals surface area contributed by atoms with E-state index in [4.69, 9.17) is 9.15 Å². The third-order valence-electron chi connectivity index (χ3n) is 3.23. The van der Waals surface area contributed by atoms with Gasteiger partial charge in [-0.05, 0) is 29.8 Å². The summed E-state index contributed by atoms with van der Waals surface area (Å²) in [6, 6.07) is 11.2. The van der Waals surface area contributed by atoms with Gasteiger partial charge in [0.1, 0.15) is 11.5 Å². The summed E-state index contributed by atoms with van der Waals surface area (Å²) in [5.74, 6) is 1.81. The summed E-state index contributed by atoms with van der Waals surface area (Å²) in [6.07, 6.45) is 3.08. The van der Waals surface area contributed by atoms with Crippen molar-refractivity contribution in [3.8, 4) is 5.75 Å². The lowest BCUT2D eigenvalue weighted by Gasteiger charge is -2.15. The van der Waals surface area contributed by atoms with Crippen molar-refractivity contribution in [2.24, 2.45) is 10.2 Å². The maximum atomic E-state index is 12.0. The molecule has 6 nitrogen and oxygen atoms in total. The van der Waals surface area contributed by atoms with Crippen LogP contribution in [0.1, 0.15) is 11.3 Å². The number of hydrogen-bond donors (Lipinski definition) is 0. The van der Waals surface area contributed by atoms with E-state index in [1.165, 1.54) is 18.0 Å². The number of thioether (sulfide) groups is 1. The molecule has 23 heavy (non-hydrogen) atoms. The zero-order valence-corrected chi connectivity index (χ0v) is 13.3. The molecule has 118 valence electrons. The van der Waals surface area contributed by atoms with Gasteiger partial charge in [0.2, 0.25) is 5.91 Å². The first kappa shape index (κ1) is 15.4. The summed E-state index contributed by atoms with van der Waals surface area (Å²) in [6.45, 7) is 0.463. The number of ether oxygens (including phenoxy) is 1. The van der Waals surface area contributed by atoms with Gasteiger partial charge in [0.05, 0.1) is 31.9 Å². The first-order valence-corrected chi connectivity index (χ1v) is 7.95. The van der Waals surface area contributed by atoms with Crippen molar-refractivity contribution in [3.63, 3.8) is 0 Å². The number of furan rings is 1. The van der Waals surface area contributed by atoms with Gasteiger partial charge in [-0.3, -0.25) is 9.69 Å². The maximum Gasteiger partial charge on any atom is 0.239 e. The highest BCUT2D eigenvalue weighted by molar-refractivity contribution is 8.15. The molecule has 0 aliphatic carbocycles. The predicted octanol–water partition coefficient (Wildman–Crippen LogP) is 2.75. The molecule has 0 bridgehead atoms. The Hall–Kier alpha value is -2.54. The van der Waals surface area contributed by atoms with Gasteiger partial charge in [-0.25, -0.2) is 0 Å². The summed E-state index contributed by atoms with van der Waals surface area (Å²) in [7, 11) is 1.62. The fraction of sp³-hybridized carbons (Fsp3) is 0.188. The van der Waals surface area contributed by atoms with Crippen molar-refractivity contribution in [2.45, 2.75) is 6.54 Å². The highest BCUT2D eigenvalue weighted by Crippen LogP contribution is 2.23. The number of benzene rings is 1. The minimum Gasteiger partial charge on any atom is -0.497 e. The summed E-state index contributed by atoms with van der Waals surface area (Å²) in [4.78, 5) is 13.7. The number of amides is 1. The van der Waals surface area contributed by atoms with Crippen LogP contribution in [0.2, 0.25) is 0 Å². The zero-order valence-electron chi connectivity index (χ0n) is 12.5. The van der Waals surface area contributed by atoms with Gasteiger partial charge >= 0.3 is 0 Å². The summed E-state index contributed by atoms with van der Waals surface area (Å²) in [5, 5.41) is 8.70. The number of methoxy groups -OCH3 is 1. The van der Waals surface area contributed by atoms with Crippen molar-refractivity contribution in [2.75, 3.05) is 12.9 Å².